The largest absolute Gasteiger partial charge is 0.368 e. The van der Waals surface area contributed by atoms with E-state index >= 15 is 0 Å². The van der Waals surface area contributed by atoms with Crippen LogP contribution in [0.25, 0.3) is 0 Å². The van der Waals surface area contributed by atoms with Crippen molar-refractivity contribution < 1.29 is 4.79 Å². The van der Waals surface area contributed by atoms with E-state index in [1.807, 2.05) is 6.92 Å². The molecule has 3 N–H and O–H groups in total. The molecule has 1 amide bonds. The van der Waals surface area contributed by atoms with Gasteiger partial charge in [0.2, 0.25) is 5.91 Å². The van der Waals surface area contributed by atoms with Crippen molar-refractivity contribution in [1.29, 1.82) is 0 Å². The topological polar surface area (TPSA) is 61.6 Å². The fourth-order valence-electron chi connectivity index (χ4n) is 2.89. The van der Waals surface area contributed by atoms with Gasteiger partial charge in [0, 0.05) is 32.7 Å². The Bertz CT molecular complexity index is 324. The molecule has 2 aliphatic rings. The molecule has 1 aliphatic heterocycles. The summed E-state index contributed by atoms with van der Waals surface area (Å²) in [5, 5.41) is 3.05. The molecule has 1 saturated carbocycles. The molecule has 1 atom stereocenters. The fourth-order valence-corrected chi connectivity index (χ4v) is 2.89. The summed E-state index contributed by atoms with van der Waals surface area (Å²) in [5.41, 5.74) is 4.89. The van der Waals surface area contributed by atoms with Gasteiger partial charge in [-0.2, -0.15) is 0 Å². The number of nitrogens with two attached hydrogens (primary N) is 1. The number of nitrogens with zero attached hydrogens (tertiary/aromatic N) is 2. The van der Waals surface area contributed by atoms with Crippen molar-refractivity contribution >= 4 is 5.91 Å². The summed E-state index contributed by atoms with van der Waals surface area (Å²) >= 11 is 0. The third-order valence-electron chi connectivity index (χ3n) is 4.92. The predicted octanol–water partition coefficient (Wildman–Crippen LogP) is 0.258. The van der Waals surface area contributed by atoms with Gasteiger partial charge in [-0.15, -0.1) is 0 Å². The fraction of sp³-hybridized carbons (Fsp3) is 0.933. The normalized spacial score (nSPS) is 24.5. The van der Waals surface area contributed by atoms with Crippen LogP contribution in [-0.2, 0) is 4.79 Å². The zero-order chi connectivity index (χ0) is 14.6. The van der Waals surface area contributed by atoms with E-state index in [1.54, 1.807) is 7.05 Å². The Balaban J connectivity index is 1.61. The number of hydrogen-bond acceptors (Lipinski definition) is 4. The molecular weight excluding hydrogens is 252 g/mol. The van der Waals surface area contributed by atoms with Crippen LogP contribution < -0.4 is 11.1 Å². The minimum atomic E-state index is -0.562. The molecule has 0 aromatic rings. The van der Waals surface area contributed by atoms with E-state index in [1.165, 1.54) is 45.6 Å². The average Bonchev–Trinajstić information content (AvgIpc) is 3.24. The molecule has 0 bridgehead atoms. The van der Waals surface area contributed by atoms with Gasteiger partial charge in [0.05, 0.1) is 5.54 Å². The zero-order valence-electron chi connectivity index (χ0n) is 13.0. The lowest BCUT2D eigenvalue weighted by atomic mass is 9.95. The van der Waals surface area contributed by atoms with Crippen molar-refractivity contribution in [3.05, 3.63) is 0 Å². The number of carbonyl (C=O) groups excluding carboxylic acids is 1. The first-order valence-electron chi connectivity index (χ1n) is 7.97. The van der Waals surface area contributed by atoms with E-state index in [9.17, 15) is 4.79 Å². The highest BCUT2D eigenvalue weighted by Crippen LogP contribution is 2.29. The van der Waals surface area contributed by atoms with Gasteiger partial charge in [0.1, 0.15) is 0 Å². The first-order valence-corrected chi connectivity index (χ1v) is 7.97. The van der Waals surface area contributed by atoms with E-state index in [4.69, 9.17) is 5.73 Å². The number of carbonyl (C=O) groups is 1. The van der Waals surface area contributed by atoms with Crippen LogP contribution in [0.2, 0.25) is 0 Å². The minimum absolute atomic E-state index is 0.255. The summed E-state index contributed by atoms with van der Waals surface area (Å²) < 4.78 is 0. The second-order valence-corrected chi connectivity index (χ2v) is 6.64. The van der Waals surface area contributed by atoms with Gasteiger partial charge < -0.3 is 20.9 Å². The smallest absolute Gasteiger partial charge is 0.237 e. The number of primary amides is 1. The van der Waals surface area contributed by atoms with Gasteiger partial charge in [-0.3, -0.25) is 4.79 Å². The SMILES string of the molecule is CNC(C)(CCCN1CCN(CC2CC2)CC1)C(N)=O. The van der Waals surface area contributed by atoms with E-state index in [0.717, 1.165) is 25.3 Å². The van der Waals surface area contributed by atoms with Crippen LogP contribution >= 0.6 is 0 Å². The number of rotatable bonds is 8. The first kappa shape index (κ1) is 15.7. The monoisotopic (exact) mass is 282 g/mol. The second-order valence-electron chi connectivity index (χ2n) is 6.64. The molecule has 5 heteroatoms. The maximum Gasteiger partial charge on any atom is 0.237 e. The Morgan fingerprint density at radius 2 is 1.85 bits per heavy atom. The van der Waals surface area contributed by atoms with Crippen molar-refractivity contribution in [2.24, 2.45) is 11.7 Å². The lowest BCUT2D eigenvalue weighted by Gasteiger charge is -2.35. The highest BCUT2D eigenvalue weighted by molar-refractivity contribution is 5.84. The minimum Gasteiger partial charge on any atom is -0.368 e. The molecule has 2 rings (SSSR count). The Morgan fingerprint density at radius 3 is 2.35 bits per heavy atom. The van der Waals surface area contributed by atoms with E-state index in [-0.39, 0.29) is 5.91 Å². The van der Waals surface area contributed by atoms with Gasteiger partial charge in [-0.05, 0) is 52.1 Å². The quantitative estimate of drug-likeness (QED) is 0.670. The lowest BCUT2D eigenvalue weighted by molar-refractivity contribution is -0.123. The summed E-state index contributed by atoms with van der Waals surface area (Å²) in [6, 6.07) is 0. The Hall–Kier alpha value is -0.650. The van der Waals surface area contributed by atoms with Gasteiger partial charge >= 0.3 is 0 Å². The number of nitrogens with one attached hydrogen (secondary N) is 1. The van der Waals surface area contributed by atoms with Crippen LogP contribution in [-0.4, -0.2) is 67.6 Å². The molecule has 1 aliphatic carbocycles. The number of likely N-dealkylation sites (N-methyl/N-ethyl adjacent to an activating group) is 1. The standard InChI is InChI=1S/C15H30N4O/c1-15(17-2,14(16)20)6-3-7-18-8-10-19(11-9-18)12-13-4-5-13/h13,17H,3-12H2,1-2H3,(H2,16,20). The van der Waals surface area contributed by atoms with Crippen LogP contribution in [0.4, 0.5) is 0 Å². The Kier molecular flexibility index (Phi) is 5.41. The molecule has 0 radical (unpaired) electrons. The molecule has 0 aromatic carbocycles. The van der Waals surface area contributed by atoms with E-state index in [0.29, 0.717) is 0 Å². The van der Waals surface area contributed by atoms with Crippen molar-refractivity contribution in [1.82, 2.24) is 15.1 Å². The first-order chi connectivity index (χ1) is 9.53. The average molecular weight is 282 g/mol. The van der Waals surface area contributed by atoms with Crippen LogP contribution in [0.5, 0.6) is 0 Å². The summed E-state index contributed by atoms with van der Waals surface area (Å²) in [6.45, 7) is 9.02. The maximum atomic E-state index is 11.4. The summed E-state index contributed by atoms with van der Waals surface area (Å²) in [4.78, 5) is 16.5. The van der Waals surface area contributed by atoms with Crippen LogP contribution in [0.3, 0.4) is 0 Å². The molecular formula is C15H30N4O. The molecule has 5 nitrogen and oxygen atoms in total. The predicted molar refractivity (Wildman–Crippen MR) is 81.5 cm³/mol. The molecule has 1 heterocycles. The zero-order valence-corrected chi connectivity index (χ0v) is 13.0. The summed E-state index contributed by atoms with van der Waals surface area (Å²) in [6.07, 6.45) is 4.70. The molecule has 1 unspecified atom stereocenters. The van der Waals surface area contributed by atoms with Crippen molar-refractivity contribution in [2.75, 3.05) is 46.3 Å². The second kappa shape index (κ2) is 6.87. The molecule has 116 valence electrons. The van der Waals surface area contributed by atoms with Crippen LogP contribution in [0.1, 0.15) is 32.6 Å². The van der Waals surface area contributed by atoms with E-state index in [2.05, 4.69) is 15.1 Å². The van der Waals surface area contributed by atoms with Crippen molar-refractivity contribution in [3.63, 3.8) is 0 Å². The maximum absolute atomic E-state index is 11.4. The van der Waals surface area contributed by atoms with Crippen molar-refractivity contribution in [3.8, 4) is 0 Å². The molecule has 0 aromatic heterocycles. The van der Waals surface area contributed by atoms with Gasteiger partial charge in [-0.1, -0.05) is 0 Å². The molecule has 0 spiro atoms. The highest BCUT2D eigenvalue weighted by Gasteiger charge is 2.29. The lowest BCUT2D eigenvalue weighted by Crippen LogP contribution is -2.52. The summed E-state index contributed by atoms with van der Waals surface area (Å²) in [7, 11) is 1.81. The van der Waals surface area contributed by atoms with Gasteiger partial charge in [-0.25, -0.2) is 0 Å². The molecule has 2 fully saturated rings. The number of hydrogen-bond donors (Lipinski definition) is 2. The summed E-state index contributed by atoms with van der Waals surface area (Å²) in [5.74, 6) is 0.739. The third-order valence-corrected chi connectivity index (χ3v) is 4.92. The highest BCUT2D eigenvalue weighted by atomic mass is 16.1. The third kappa shape index (κ3) is 4.43. The van der Waals surface area contributed by atoms with E-state index < -0.39 is 5.54 Å². The molecule has 1 saturated heterocycles. The van der Waals surface area contributed by atoms with Crippen LogP contribution in [0, 0.1) is 5.92 Å². The Labute approximate surface area is 122 Å². The van der Waals surface area contributed by atoms with Gasteiger partial charge in [0.25, 0.3) is 0 Å². The number of amides is 1. The Morgan fingerprint density at radius 1 is 1.25 bits per heavy atom. The number of piperazine rings is 1. The van der Waals surface area contributed by atoms with Crippen LogP contribution in [0.15, 0.2) is 0 Å². The van der Waals surface area contributed by atoms with Gasteiger partial charge in [0.15, 0.2) is 0 Å². The molecule has 20 heavy (non-hydrogen) atoms. The van der Waals surface area contributed by atoms with Crippen molar-refractivity contribution in [2.45, 2.75) is 38.1 Å².